The Labute approximate surface area is 112 Å². The van der Waals surface area contributed by atoms with Crippen molar-refractivity contribution < 1.29 is 9.59 Å². The molecule has 1 aliphatic heterocycles. The van der Waals surface area contributed by atoms with E-state index in [9.17, 15) is 9.59 Å². The van der Waals surface area contributed by atoms with Gasteiger partial charge in [-0.15, -0.1) is 0 Å². The standard InChI is InChI=1S/C13H20N4O2/c1-13(2,3)11-12(19)14-9-10(18)17(11)8-7-16-6-4-5-15-16/h4-6,11H,7-9H2,1-3H3,(H,14,19). The van der Waals surface area contributed by atoms with Gasteiger partial charge in [0.25, 0.3) is 0 Å². The van der Waals surface area contributed by atoms with Crippen LogP contribution in [0.25, 0.3) is 0 Å². The third-order valence-electron chi connectivity index (χ3n) is 3.24. The van der Waals surface area contributed by atoms with Crippen LogP contribution in [0.4, 0.5) is 0 Å². The third-order valence-corrected chi connectivity index (χ3v) is 3.24. The molecule has 1 saturated heterocycles. The number of rotatable bonds is 3. The molecule has 0 radical (unpaired) electrons. The fourth-order valence-corrected chi connectivity index (χ4v) is 2.40. The van der Waals surface area contributed by atoms with Crippen molar-refractivity contribution >= 4 is 11.8 Å². The van der Waals surface area contributed by atoms with Crippen LogP contribution in [0.2, 0.25) is 0 Å². The number of carbonyl (C=O) groups is 2. The van der Waals surface area contributed by atoms with Gasteiger partial charge in [0.05, 0.1) is 13.1 Å². The lowest BCUT2D eigenvalue weighted by molar-refractivity contribution is -0.150. The largest absolute Gasteiger partial charge is 0.345 e. The molecule has 2 rings (SSSR count). The van der Waals surface area contributed by atoms with Crippen LogP contribution in [0, 0.1) is 5.41 Å². The lowest BCUT2D eigenvalue weighted by atomic mass is 9.84. The SMILES string of the molecule is CC(C)(C)C1C(=O)NCC(=O)N1CCn1cccn1. The molecule has 0 aliphatic carbocycles. The molecule has 1 N–H and O–H groups in total. The molecule has 1 fully saturated rings. The first-order chi connectivity index (χ1) is 8.89. The Hall–Kier alpha value is -1.85. The van der Waals surface area contributed by atoms with E-state index >= 15 is 0 Å². The summed E-state index contributed by atoms with van der Waals surface area (Å²) in [6.45, 7) is 7.09. The summed E-state index contributed by atoms with van der Waals surface area (Å²) in [6, 6.07) is 1.41. The minimum Gasteiger partial charge on any atom is -0.345 e. The van der Waals surface area contributed by atoms with E-state index in [1.54, 1.807) is 15.8 Å². The van der Waals surface area contributed by atoms with Crippen LogP contribution >= 0.6 is 0 Å². The molecule has 0 saturated carbocycles. The molecule has 2 heterocycles. The number of amides is 2. The van der Waals surface area contributed by atoms with Gasteiger partial charge in [-0.05, 0) is 11.5 Å². The fourth-order valence-electron chi connectivity index (χ4n) is 2.40. The number of piperazine rings is 1. The van der Waals surface area contributed by atoms with Crippen LogP contribution in [0.3, 0.4) is 0 Å². The van der Waals surface area contributed by atoms with Crippen molar-refractivity contribution in [2.24, 2.45) is 5.41 Å². The molecule has 0 bridgehead atoms. The van der Waals surface area contributed by atoms with Gasteiger partial charge in [-0.3, -0.25) is 14.3 Å². The van der Waals surface area contributed by atoms with Gasteiger partial charge < -0.3 is 10.2 Å². The lowest BCUT2D eigenvalue weighted by Crippen LogP contribution is -2.63. The first kappa shape index (κ1) is 13.6. The fraction of sp³-hybridized carbons (Fsp3) is 0.615. The maximum atomic E-state index is 12.0. The molecule has 0 aromatic carbocycles. The molecule has 6 heteroatoms. The van der Waals surface area contributed by atoms with Crippen molar-refractivity contribution in [3.8, 4) is 0 Å². The van der Waals surface area contributed by atoms with Gasteiger partial charge in [0, 0.05) is 18.9 Å². The van der Waals surface area contributed by atoms with Gasteiger partial charge in [0.2, 0.25) is 11.8 Å². The number of hydrogen-bond donors (Lipinski definition) is 1. The topological polar surface area (TPSA) is 67.2 Å². The molecule has 1 aliphatic rings. The molecule has 1 unspecified atom stereocenters. The van der Waals surface area contributed by atoms with Gasteiger partial charge in [0.15, 0.2) is 0 Å². The number of hydrogen-bond acceptors (Lipinski definition) is 3. The summed E-state index contributed by atoms with van der Waals surface area (Å²) in [6.07, 6.45) is 3.55. The number of nitrogens with one attached hydrogen (secondary N) is 1. The normalized spacial score (nSPS) is 20.6. The molecule has 0 spiro atoms. The molecule has 104 valence electrons. The van der Waals surface area contributed by atoms with Gasteiger partial charge in [-0.1, -0.05) is 20.8 Å². The predicted molar refractivity (Wildman–Crippen MR) is 70.2 cm³/mol. The highest BCUT2D eigenvalue weighted by Crippen LogP contribution is 2.26. The Morgan fingerprint density at radius 3 is 2.68 bits per heavy atom. The second-order valence-corrected chi connectivity index (χ2v) is 5.84. The van der Waals surface area contributed by atoms with E-state index in [1.165, 1.54) is 0 Å². The van der Waals surface area contributed by atoms with E-state index in [1.807, 2.05) is 33.0 Å². The Morgan fingerprint density at radius 1 is 1.37 bits per heavy atom. The molecule has 6 nitrogen and oxygen atoms in total. The summed E-state index contributed by atoms with van der Waals surface area (Å²) in [7, 11) is 0. The first-order valence-electron chi connectivity index (χ1n) is 6.44. The maximum absolute atomic E-state index is 12.0. The number of nitrogens with zero attached hydrogens (tertiary/aromatic N) is 3. The summed E-state index contributed by atoms with van der Waals surface area (Å²) in [5, 5.41) is 6.77. The van der Waals surface area contributed by atoms with Crippen LogP contribution in [-0.2, 0) is 16.1 Å². The summed E-state index contributed by atoms with van der Waals surface area (Å²) < 4.78 is 1.76. The lowest BCUT2D eigenvalue weighted by Gasteiger charge is -2.42. The van der Waals surface area contributed by atoms with Crippen LogP contribution < -0.4 is 5.32 Å². The van der Waals surface area contributed by atoms with Crippen LogP contribution in [-0.4, -0.2) is 45.6 Å². The molecule has 1 atom stereocenters. The summed E-state index contributed by atoms with van der Waals surface area (Å²) >= 11 is 0. The van der Waals surface area contributed by atoms with Crippen molar-refractivity contribution in [2.45, 2.75) is 33.4 Å². The average molecular weight is 264 g/mol. The third kappa shape index (κ3) is 2.94. The first-order valence-corrected chi connectivity index (χ1v) is 6.44. The highest BCUT2D eigenvalue weighted by atomic mass is 16.2. The quantitative estimate of drug-likeness (QED) is 0.851. The minimum absolute atomic E-state index is 0.0355. The molecular weight excluding hydrogens is 244 g/mol. The van der Waals surface area contributed by atoms with Crippen LogP contribution in [0.15, 0.2) is 18.5 Å². The summed E-state index contributed by atoms with van der Waals surface area (Å²) in [5.41, 5.74) is -0.287. The minimum atomic E-state index is -0.427. The van der Waals surface area contributed by atoms with E-state index in [0.717, 1.165) is 0 Å². The van der Waals surface area contributed by atoms with Crippen molar-refractivity contribution in [2.75, 3.05) is 13.1 Å². The van der Waals surface area contributed by atoms with Crippen molar-refractivity contribution in [1.29, 1.82) is 0 Å². The Balaban J connectivity index is 2.13. The smallest absolute Gasteiger partial charge is 0.243 e. The number of carbonyl (C=O) groups excluding carboxylic acids is 2. The maximum Gasteiger partial charge on any atom is 0.243 e. The predicted octanol–water partition coefficient (Wildman–Crippen LogP) is 0.256. The Bertz CT molecular complexity index is 461. The van der Waals surface area contributed by atoms with E-state index in [-0.39, 0.29) is 23.8 Å². The van der Waals surface area contributed by atoms with Crippen molar-refractivity contribution in [3.63, 3.8) is 0 Å². The Morgan fingerprint density at radius 2 is 2.11 bits per heavy atom. The zero-order valence-corrected chi connectivity index (χ0v) is 11.6. The zero-order valence-electron chi connectivity index (χ0n) is 11.6. The average Bonchev–Trinajstić information content (AvgIpc) is 2.81. The van der Waals surface area contributed by atoms with Crippen molar-refractivity contribution in [3.05, 3.63) is 18.5 Å². The second-order valence-electron chi connectivity index (χ2n) is 5.84. The second kappa shape index (κ2) is 5.03. The summed E-state index contributed by atoms with van der Waals surface area (Å²) in [4.78, 5) is 25.7. The van der Waals surface area contributed by atoms with Gasteiger partial charge in [-0.25, -0.2) is 0 Å². The van der Waals surface area contributed by atoms with Gasteiger partial charge in [0.1, 0.15) is 6.04 Å². The van der Waals surface area contributed by atoms with Crippen molar-refractivity contribution in [1.82, 2.24) is 20.0 Å². The Kier molecular flexibility index (Phi) is 3.59. The van der Waals surface area contributed by atoms with E-state index < -0.39 is 6.04 Å². The van der Waals surface area contributed by atoms with E-state index in [2.05, 4.69) is 10.4 Å². The molecule has 1 aromatic heterocycles. The monoisotopic (exact) mass is 264 g/mol. The van der Waals surface area contributed by atoms with Gasteiger partial charge >= 0.3 is 0 Å². The van der Waals surface area contributed by atoms with Gasteiger partial charge in [-0.2, -0.15) is 5.10 Å². The molecule has 1 aromatic rings. The summed E-state index contributed by atoms with van der Waals surface area (Å²) in [5.74, 6) is -0.112. The molecule has 19 heavy (non-hydrogen) atoms. The van der Waals surface area contributed by atoms with E-state index in [4.69, 9.17) is 0 Å². The zero-order chi connectivity index (χ0) is 14.0. The van der Waals surface area contributed by atoms with E-state index in [0.29, 0.717) is 13.1 Å². The van der Waals surface area contributed by atoms with Crippen LogP contribution in [0.5, 0.6) is 0 Å². The molecule has 2 amide bonds. The molecular formula is C13H20N4O2. The van der Waals surface area contributed by atoms with Crippen LogP contribution in [0.1, 0.15) is 20.8 Å². The highest BCUT2D eigenvalue weighted by molar-refractivity contribution is 5.95. The highest BCUT2D eigenvalue weighted by Gasteiger charge is 2.41. The number of aromatic nitrogens is 2.